The van der Waals surface area contributed by atoms with Crippen molar-refractivity contribution < 1.29 is 18.3 Å². The molecule has 0 spiro atoms. The molecule has 1 aromatic carbocycles. The maximum atomic E-state index is 12.5. The van der Waals surface area contributed by atoms with E-state index < -0.39 is 17.3 Å². The number of halogens is 3. The third-order valence-corrected chi connectivity index (χ3v) is 4.92. The Balaban J connectivity index is 2.00. The van der Waals surface area contributed by atoms with Crippen LogP contribution in [0.15, 0.2) is 35.8 Å². The Kier molecular flexibility index (Phi) is 3.27. The van der Waals surface area contributed by atoms with Crippen LogP contribution in [0.5, 0.6) is 0 Å². The number of aromatic nitrogens is 1. The zero-order valence-electron chi connectivity index (χ0n) is 9.89. The van der Waals surface area contributed by atoms with E-state index in [-0.39, 0.29) is 4.88 Å². The molecule has 0 aliphatic rings. The molecule has 1 N–H and O–H groups in total. The highest BCUT2D eigenvalue weighted by Gasteiger charge is 2.35. The van der Waals surface area contributed by atoms with E-state index in [9.17, 15) is 18.3 Å². The van der Waals surface area contributed by atoms with Gasteiger partial charge in [0.2, 0.25) is 0 Å². The summed E-state index contributed by atoms with van der Waals surface area (Å²) in [4.78, 5) is 3.53. The molecule has 1 atom stereocenters. The molecule has 7 heteroatoms. The number of thiophene rings is 1. The zero-order chi connectivity index (χ0) is 14.3. The van der Waals surface area contributed by atoms with Crippen molar-refractivity contribution in [2.75, 3.05) is 0 Å². The summed E-state index contributed by atoms with van der Waals surface area (Å²) < 4.78 is 38.6. The standard InChI is InChI=1S/C13H8F3NOS2/c14-13(15,16)12-17-5-10(20-12)11(18)8-6-19-9-4-2-1-3-7(8)9/h1-6,11,18H. The topological polar surface area (TPSA) is 33.1 Å². The fraction of sp³-hybridized carbons (Fsp3) is 0.154. The van der Waals surface area contributed by atoms with E-state index in [2.05, 4.69) is 4.98 Å². The highest BCUT2D eigenvalue weighted by molar-refractivity contribution is 7.17. The smallest absolute Gasteiger partial charge is 0.383 e. The number of hydrogen-bond donors (Lipinski definition) is 1. The summed E-state index contributed by atoms with van der Waals surface area (Å²) in [7, 11) is 0. The summed E-state index contributed by atoms with van der Waals surface area (Å²) in [5, 5.41) is 11.9. The SMILES string of the molecule is OC(c1cnc(C(F)(F)F)s1)c1csc2ccccc12. The molecule has 0 aliphatic heterocycles. The number of rotatable bonds is 2. The van der Waals surface area contributed by atoms with Crippen LogP contribution in [0.25, 0.3) is 10.1 Å². The second kappa shape index (κ2) is 4.83. The Morgan fingerprint density at radius 1 is 1.20 bits per heavy atom. The monoisotopic (exact) mass is 315 g/mol. The second-order valence-electron chi connectivity index (χ2n) is 4.16. The lowest BCUT2D eigenvalue weighted by atomic mass is 10.1. The van der Waals surface area contributed by atoms with Crippen LogP contribution < -0.4 is 0 Å². The van der Waals surface area contributed by atoms with Crippen LogP contribution in [0.3, 0.4) is 0 Å². The summed E-state index contributed by atoms with van der Waals surface area (Å²) in [6.07, 6.45) is -4.47. The number of thiazole rings is 1. The molecule has 0 amide bonds. The first-order chi connectivity index (χ1) is 9.47. The second-order valence-corrected chi connectivity index (χ2v) is 6.13. The van der Waals surface area contributed by atoms with Gasteiger partial charge in [0.1, 0.15) is 6.10 Å². The molecule has 3 aromatic rings. The highest BCUT2D eigenvalue weighted by atomic mass is 32.1. The molecule has 0 saturated carbocycles. The fourth-order valence-electron chi connectivity index (χ4n) is 1.91. The van der Waals surface area contributed by atoms with Gasteiger partial charge in [0, 0.05) is 16.5 Å². The van der Waals surface area contributed by atoms with Crippen molar-refractivity contribution in [1.82, 2.24) is 4.98 Å². The van der Waals surface area contributed by atoms with Gasteiger partial charge in [-0.1, -0.05) is 18.2 Å². The first-order valence-corrected chi connectivity index (χ1v) is 7.33. The Morgan fingerprint density at radius 3 is 2.65 bits per heavy atom. The van der Waals surface area contributed by atoms with Gasteiger partial charge in [0.15, 0.2) is 5.01 Å². The molecule has 1 unspecified atom stereocenters. The Bertz CT molecular complexity index is 747. The van der Waals surface area contributed by atoms with Gasteiger partial charge in [0.25, 0.3) is 0 Å². The lowest BCUT2D eigenvalue weighted by molar-refractivity contribution is -0.137. The molecule has 20 heavy (non-hydrogen) atoms. The van der Waals surface area contributed by atoms with Crippen LogP contribution >= 0.6 is 22.7 Å². The third kappa shape index (κ3) is 2.32. The lowest BCUT2D eigenvalue weighted by Gasteiger charge is -2.06. The Hall–Kier alpha value is -1.44. The number of fused-ring (bicyclic) bond motifs is 1. The minimum absolute atomic E-state index is 0.195. The van der Waals surface area contributed by atoms with Gasteiger partial charge >= 0.3 is 6.18 Å². The van der Waals surface area contributed by atoms with Crippen molar-refractivity contribution in [3.63, 3.8) is 0 Å². The van der Waals surface area contributed by atoms with Crippen molar-refractivity contribution in [1.29, 1.82) is 0 Å². The minimum atomic E-state index is -4.47. The van der Waals surface area contributed by atoms with E-state index in [4.69, 9.17) is 0 Å². The molecule has 0 radical (unpaired) electrons. The van der Waals surface area contributed by atoms with E-state index in [1.165, 1.54) is 11.3 Å². The van der Waals surface area contributed by atoms with E-state index in [1.807, 2.05) is 24.3 Å². The van der Waals surface area contributed by atoms with Gasteiger partial charge in [0.05, 0.1) is 4.88 Å². The van der Waals surface area contributed by atoms with Crippen LogP contribution in [0.1, 0.15) is 21.6 Å². The number of alkyl halides is 3. The van der Waals surface area contributed by atoms with Crippen molar-refractivity contribution in [3.05, 3.63) is 51.3 Å². The Labute approximate surface area is 120 Å². The van der Waals surface area contributed by atoms with Gasteiger partial charge < -0.3 is 5.11 Å². The van der Waals surface area contributed by atoms with Crippen LogP contribution in [0.4, 0.5) is 13.2 Å². The summed E-state index contributed by atoms with van der Waals surface area (Å²) in [6, 6.07) is 7.46. The number of aliphatic hydroxyl groups is 1. The van der Waals surface area contributed by atoms with Gasteiger partial charge in [-0.3, -0.25) is 0 Å². The maximum Gasteiger partial charge on any atom is 0.443 e. The van der Waals surface area contributed by atoms with Gasteiger partial charge in [-0.25, -0.2) is 4.98 Å². The molecule has 2 aromatic heterocycles. The average molecular weight is 315 g/mol. The lowest BCUT2D eigenvalue weighted by Crippen LogP contribution is -2.03. The fourth-order valence-corrected chi connectivity index (χ4v) is 3.68. The first kappa shape index (κ1) is 13.5. The minimum Gasteiger partial charge on any atom is -0.383 e. The number of benzene rings is 1. The predicted octanol–water partition coefficient (Wildman–Crippen LogP) is 4.46. The maximum absolute atomic E-state index is 12.5. The Morgan fingerprint density at radius 2 is 1.95 bits per heavy atom. The molecule has 0 fully saturated rings. The molecule has 2 nitrogen and oxygen atoms in total. The third-order valence-electron chi connectivity index (χ3n) is 2.84. The van der Waals surface area contributed by atoms with E-state index in [0.29, 0.717) is 16.9 Å². The van der Waals surface area contributed by atoms with Gasteiger partial charge in [-0.15, -0.1) is 22.7 Å². The van der Waals surface area contributed by atoms with Crippen molar-refractivity contribution in [2.45, 2.75) is 12.3 Å². The van der Waals surface area contributed by atoms with Crippen molar-refractivity contribution in [2.24, 2.45) is 0 Å². The average Bonchev–Trinajstić information content (AvgIpc) is 3.04. The van der Waals surface area contributed by atoms with Gasteiger partial charge in [-0.05, 0) is 16.8 Å². The van der Waals surface area contributed by atoms with Gasteiger partial charge in [-0.2, -0.15) is 13.2 Å². The van der Waals surface area contributed by atoms with Crippen LogP contribution in [0.2, 0.25) is 0 Å². The molecule has 0 aliphatic carbocycles. The van der Waals surface area contributed by atoms with E-state index >= 15 is 0 Å². The molecular formula is C13H8F3NOS2. The molecule has 3 rings (SSSR count). The molecule has 104 valence electrons. The largest absolute Gasteiger partial charge is 0.443 e. The van der Waals surface area contributed by atoms with Crippen LogP contribution in [-0.4, -0.2) is 10.1 Å². The molecule has 2 heterocycles. The summed E-state index contributed by atoms with van der Waals surface area (Å²) in [5.41, 5.74) is 0.614. The predicted molar refractivity (Wildman–Crippen MR) is 73.0 cm³/mol. The van der Waals surface area contributed by atoms with E-state index in [1.54, 1.807) is 5.38 Å². The van der Waals surface area contributed by atoms with Crippen LogP contribution in [-0.2, 0) is 6.18 Å². The van der Waals surface area contributed by atoms with Crippen molar-refractivity contribution >= 4 is 32.8 Å². The van der Waals surface area contributed by atoms with Crippen molar-refractivity contribution in [3.8, 4) is 0 Å². The zero-order valence-corrected chi connectivity index (χ0v) is 11.5. The molecule has 0 saturated heterocycles. The van der Waals surface area contributed by atoms with Crippen LogP contribution in [0, 0.1) is 0 Å². The normalized spacial score (nSPS) is 13.8. The number of nitrogens with zero attached hydrogens (tertiary/aromatic N) is 1. The highest BCUT2D eigenvalue weighted by Crippen LogP contribution is 2.38. The quantitative estimate of drug-likeness (QED) is 0.757. The molecular weight excluding hydrogens is 307 g/mol. The van der Waals surface area contributed by atoms with E-state index in [0.717, 1.165) is 16.3 Å². The summed E-state index contributed by atoms with van der Waals surface area (Å²) >= 11 is 1.92. The number of hydrogen-bond acceptors (Lipinski definition) is 4. The number of aliphatic hydroxyl groups excluding tert-OH is 1. The first-order valence-electron chi connectivity index (χ1n) is 5.64. The molecule has 0 bridgehead atoms. The summed E-state index contributed by atoms with van der Waals surface area (Å²) in [6.45, 7) is 0. The summed E-state index contributed by atoms with van der Waals surface area (Å²) in [5.74, 6) is 0.